The van der Waals surface area contributed by atoms with Gasteiger partial charge in [-0.1, -0.05) is 0 Å². The van der Waals surface area contributed by atoms with Crippen LogP contribution in [0.15, 0.2) is 52.4 Å². The van der Waals surface area contributed by atoms with Crippen molar-refractivity contribution in [3.63, 3.8) is 0 Å². The molecule has 0 bridgehead atoms. The highest BCUT2D eigenvalue weighted by Crippen LogP contribution is 2.42. The van der Waals surface area contributed by atoms with Crippen LogP contribution in [0.4, 0.5) is 14.9 Å². The molecule has 10 heteroatoms. The van der Waals surface area contributed by atoms with Crippen LogP contribution in [0.1, 0.15) is 39.7 Å². The van der Waals surface area contributed by atoms with Crippen LogP contribution in [0.5, 0.6) is 5.75 Å². The molecule has 3 aromatic rings. The van der Waals surface area contributed by atoms with Gasteiger partial charge in [0.1, 0.15) is 17.2 Å². The van der Waals surface area contributed by atoms with E-state index >= 15 is 0 Å². The molecule has 5 rings (SSSR count). The molecule has 1 aromatic heterocycles. The Labute approximate surface area is 216 Å². The second kappa shape index (κ2) is 9.24. The predicted molar refractivity (Wildman–Crippen MR) is 139 cm³/mol. The molecule has 2 aromatic carbocycles. The molecular weight excluding hydrogens is 497 g/mol. The average Bonchev–Trinajstić information content (AvgIpc) is 3.62. The van der Waals surface area contributed by atoms with Crippen molar-refractivity contribution in [3.8, 4) is 5.75 Å². The monoisotopic (exact) mass is 529 g/mol. The molecule has 2 aliphatic rings. The Morgan fingerprint density at radius 1 is 1.03 bits per heavy atom. The zero-order valence-corrected chi connectivity index (χ0v) is 22.3. The second-order valence-electron chi connectivity index (χ2n) is 10.6. The molecule has 0 unspecified atom stereocenters. The molecule has 198 valence electrons. The molecular formula is C27H32FN3O5S. The van der Waals surface area contributed by atoms with Crippen molar-refractivity contribution in [2.45, 2.75) is 55.0 Å². The van der Waals surface area contributed by atoms with E-state index < -0.39 is 21.3 Å². The zero-order valence-electron chi connectivity index (χ0n) is 21.5. The van der Waals surface area contributed by atoms with Gasteiger partial charge in [-0.05, 0) is 70.0 Å². The quantitative estimate of drug-likeness (QED) is 0.462. The maximum absolute atomic E-state index is 14.0. The first-order valence-electron chi connectivity index (χ1n) is 12.4. The van der Waals surface area contributed by atoms with Crippen LogP contribution < -0.4 is 9.64 Å². The highest BCUT2D eigenvalue weighted by molar-refractivity contribution is 7.91. The van der Waals surface area contributed by atoms with Crippen molar-refractivity contribution >= 4 is 32.5 Å². The summed E-state index contributed by atoms with van der Waals surface area (Å²) in [4.78, 5) is 16.4. The fourth-order valence-corrected chi connectivity index (χ4v) is 6.21. The van der Waals surface area contributed by atoms with Gasteiger partial charge in [0.25, 0.3) is 0 Å². The van der Waals surface area contributed by atoms with Crippen molar-refractivity contribution in [1.29, 1.82) is 0 Å². The molecule has 0 atom stereocenters. The molecule has 1 amide bonds. The fraction of sp³-hybridized carbons (Fsp3) is 0.444. The lowest BCUT2D eigenvalue weighted by Gasteiger charge is -2.37. The van der Waals surface area contributed by atoms with E-state index in [2.05, 4.69) is 0 Å². The first kappa shape index (κ1) is 25.4. The lowest BCUT2D eigenvalue weighted by molar-refractivity contribution is 0.0240. The summed E-state index contributed by atoms with van der Waals surface area (Å²) in [5.74, 6) is 0.154. The third kappa shape index (κ3) is 4.99. The number of carbonyl (C=O) groups is 1. The number of benzene rings is 2. The summed E-state index contributed by atoms with van der Waals surface area (Å²) in [5, 5.41) is 0.511. The van der Waals surface area contributed by atoms with E-state index in [4.69, 9.17) is 9.47 Å². The summed E-state index contributed by atoms with van der Waals surface area (Å²) >= 11 is 0. The predicted octanol–water partition coefficient (Wildman–Crippen LogP) is 5.01. The maximum Gasteiger partial charge on any atom is 0.410 e. The summed E-state index contributed by atoms with van der Waals surface area (Å²) in [7, 11) is -2.36. The van der Waals surface area contributed by atoms with E-state index in [0.717, 1.165) is 12.8 Å². The van der Waals surface area contributed by atoms with Crippen molar-refractivity contribution in [3.05, 3.63) is 48.4 Å². The van der Waals surface area contributed by atoms with E-state index in [0.29, 0.717) is 48.5 Å². The number of piperazine rings is 1. The molecule has 1 aliphatic carbocycles. The van der Waals surface area contributed by atoms with Gasteiger partial charge in [-0.2, -0.15) is 0 Å². The third-order valence-electron chi connectivity index (χ3n) is 6.72. The summed E-state index contributed by atoms with van der Waals surface area (Å²) < 4.78 is 54.7. The van der Waals surface area contributed by atoms with Gasteiger partial charge in [0.15, 0.2) is 0 Å². The van der Waals surface area contributed by atoms with Crippen molar-refractivity contribution in [1.82, 2.24) is 9.47 Å². The standard InChI is InChI=1S/C27H32FN3O5S/c1-27(2,3)36-26(32)30-13-11-29(12-14-30)23-16-20(8-10-24(23)35-4)37(33,34)25-17-31(19-6-7-19)22-15-18(28)5-9-21(22)25/h5,8-10,15-17,19H,6-7,11-14H2,1-4H3. The lowest BCUT2D eigenvalue weighted by Crippen LogP contribution is -2.50. The van der Waals surface area contributed by atoms with Crippen LogP contribution in [0, 0.1) is 5.82 Å². The molecule has 0 N–H and O–H groups in total. The number of aromatic nitrogens is 1. The topological polar surface area (TPSA) is 81.1 Å². The molecule has 1 saturated carbocycles. The maximum atomic E-state index is 14.0. The van der Waals surface area contributed by atoms with Gasteiger partial charge >= 0.3 is 6.09 Å². The fourth-order valence-electron chi connectivity index (χ4n) is 4.73. The van der Waals surface area contributed by atoms with E-state index in [-0.39, 0.29) is 21.9 Å². The number of hydrogen-bond acceptors (Lipinski definition) is 6. The number of sulfone groups is 1. The van der Waals surface area contributed by atoms with Crippen LogP contribution in [-0.4, -0.2) is 62.9 Å². The largest absolute Gasteiger partial charge is 0.495 e. The molecule has 1 saturated heterocycles. The first-order valence-corrected chi connectivity index (χ1v) is 13.9. The van der Waals surface area contributed by atoms with Crippen LogP contribution in [0.2, 0.25) is 0 Å². The molecule has 37 heavy (non-hydrogen) atoms. The van der Waals surface area contributed by atoms with Crippen LogP contribution in [-0.2, 0) is 14.6 Å². The normalized spacial score (nSPS) is 16.8. The summed E-state index contributed by atoms with van der Waals surface area (Å²) in [6.07, 6.45) is 3.17. The number of carbonyl (C=O) groups excluding carboxylic acids is 1. The minimum absolute atomic E-state index is 0.136. The van der Waals surface area contributed by atoms with Gasteiger partial charge in [-0.25, -0.2) is 17.6 Å². The molecule has 2 fully saturated rings. The first-order chi connectivity index (χ1) is 17.5. The summed E-state index contributed by atoms with van der Waals surface area (Å²) in [5.41, 5.74) is 0.659. The highest BCUT2D eigenvalue weighted by atomic mass is 32.2. The second-order valence-corrected chi connectivity index (χ2v) is 12.5. The number of halogens is 1. The lowest BCUT2D eigenvalue weighted by atomic mass is 10.2. The zero-order chi connectivity index (χ0) is 26.5. The van der Waals surface area contributed by atoms with Crippen molar-refractivity contribution < 1.29 is 27.1 Å². The van der Waals surface area contributed by atoms with E-state index in [1.165, 1.54) is 18.2 Å². The number of nitrogens with zero attached hydrogens (tertiary/aromatic N) is 3. The van der Waals surface area contributed by atoms with E-state index in [1.807, 2.05) is 30.2 Å². The van der Waals surface area contributed by atoms with Crippen molar-refractivity contribution in [2.24, 2.45) is 0 Å². The number of hydrogen-bond donors (Lipinski definition) is 0. The number of rotatable bonds is 5. The highest BCUT2D eigenvalue weighted by Gasteiger charge is 2.32. The summed E-state index contributed by atoms with van der Waals surface area (Å²) in [6, 6.07) is 9.25. The summed E-state index contributed by atoms with van der Waals surface area (Å²) in [6.45, 7) is 7.37. The van der Waals surface area contributed by atoms with Gasteiger partial charge in [-0.15, -0.1) is 0 Å². The van der Waals surface area contributed by atoms with Crippen LogP contribution in [0.3, 0.4) is 0 Å². The minimum Gasteiger partial charge on any atom is -0.495 e. The number of anilines is 1. The van der Waals surface area contributed by atoms with Gasteiger partial charge in [0.2, 0.25) is 9.84 Å². The van der Waals surface area contributed by atoms with Gasteiger partial charge < -0.3 is 23.8 Å². The Balaban J connectivity index is 1.45. The smallest absolute Gasteiger partial charge is 0.410 e. The van der Waals surface area contributed by atoms with Crippen LogP contribution in [0.25, 0.3) is 10.9 Å². The third-order valence-corrected chi connectivity index (χ3v) is 8.50. The molecule has 0 radical (unpaired) electrons. The van der Waals surface area contributed by atoms with Gasteiger partial charge in [0, 0.05) is 43.8 Å². The SMILES string of the molecule is COc1ccc(S(=O)(=O)c2cn(C3CC3)c3cc(F)ccc23)cc1N1CCN(C(=O)OC(C)(C)C)CC1. The number of ether oxygens (including phenoxy) is 2. The number of fused-ring (bicyclic) bond motifs is 1. The number of amides is 1. The molecule has 0 spiro atoms. The Kier molecular flexibility index (Phi) is 6.34. The number of methoxy groups -OCH3 is 1. The van der Waals surface area contributed by atoms with Crippen molar-refractivity contribution in [2.75, 3.05) is 38.2 Å². The Hall–Kier alpha value is -3.27. The Morgan fingerprint density at radius 3 is 2.35 bits per heavy atom. The molecule has 1 aliphatic heterocycles. The molecule has 8 nitrogen and oxygen atoms in total. The van der Waals surface area contributed by atoms with Crippen LogP contribution >= 0.6 is 0 Å². The average molecular weight is 530 g/mol. The van der Waals surface area contributed by atoms with Gasteiger partial charge in [-0.3, -0.25) is 0 Å². The van der Waals surface area contributed by atoms with E-state index in [9.17, 15) is 17.6 Å². The minimum atomic E-state index is -3.90. The Morgan fingerprint density at radius 2 is 1.73 bits per heavy atom. The van der Waals surface area contributed by atoms with Gasteiger partial charge in [0.05, 0.1) is 28.1 Å². The van der Waals surface area contributed by atoms with E-state index in [1.54, 1.807) is 36.4 Å². The Bertz CT molecular complexity index is 1450. The molecule has 2 heterocycles.